The van der Waals surface area contributed by atoms with Crippen LogP contribution in [0.1, 0.15) is 33.1 Å². The van der Waals surface area contributed by atoms with Crippen molar-refractivity contribution in [2.45, 2.75) is 37.9 Å². The second-order valence-corrected chi connectivity index (χ2v) is 4.21. The predicted molar refractivity (Wildman–Crippen MR) is 40.3 cm³/mol. The highest BCUT2D eigenvalue weighted by Crippen LogP contribution is 2.53. The molecule has 0 aromatic carbocycles. The molecule has 0 radical (unpaired) electrons. The van der Waals surface area contributed by atoms with Crippen LogP contribution < -0.4 is 0 Å². The van der Waals surface area contributed by atoms with Crippen LogP contribution in [0.2, 0.25) is 0 Å². The molecule has 0 spiro atoms. The standard InChI is InChI=1S/C7H13Br/c1-3-7(4-5-7)6(2)8/h6H,3-5H2,1-2H3. The molecule has 0 aromatic rings. The van der Waals surface area contributed by atoms with E-state index in [0.29, 0.717) is 5.41 Å². The van der Waals surface area contributed by atoms with Gasteiger partial charge in [-0.2, -0.15) is 0 Å². The zero-order chi connectivity index (χ0) is 6.20. The summed E-state index contributed by atoms with van der Waals surface area (Å²) in [4.78, 5) is 0.736. The first-order chi connectivity index (χ1) is 3.71. The Morgan fingerprint density at radius 1 is 1.62 bits per heavy atom. The normalized spacial score (nSPS) is 27.4. The van der Waals surface area contributed by atoms with Gasteiger partial charge in [-0.05, 0) is 24.7 Å². The first-order valence-corrected chi connectivity index (χ1v) is 4.27. The molecular formula is C7H13Br. The highest BCUT2D eigenvalue weighted by molar-refractivity contribution is 9.09. The summed E-state index contributed by atoms with van der Waals surface area (Å²) in [5, 5.41) is 0. The van der Waals surface area contributed by atoms with Crippen LogP contribution in [0.25, 0.3) is 0 Å². The number of rotatable bonds is 2. The summed E-state index contributed by atoms with van der Waals surface area (Å²) in [7, 11) is 0. The molecule has 1 unspecified atom stereocenters. The second kappa shape index (κ2) is 2.02. The number of halogens is 1. The minimum Gasteiger partial charge on any atom is -0.0888 e. The van der Waals surface area contributed by atoms with Crippen molar-refractivity contribution in [1.82, 2.24) is 0 Å². The minimum atomic E-state index is 0.708. The van der Waals surface area contributed by atoms with E-state index in [9.17, 15) is 0 Å². The Labute approximate surface area is 59.8 Å². The summed E-state index contributed by atoms with van der Waals surface area (Å²) in [5.41, 5.74) is 0.708. The molecule has 1 saturated carbocycles. The van der Waals surface area contributed by atoms with E-state index < -0.39 is 0 Å². The summed E-state index contributed by atoms with van der Waals surface area (Å²) in [6, 6.07) is 0. The molecule has 48 valence electrons. The van der Waals surface area contributed by atoms with E-state index in [4.69, 9.17) is 0 Å². The molecule has 8 heavy (non-hydrogen) atoms. The largest absolute Gasteiger partial charge is 0.0888 e. The van der Waals surface area contributed by atoms with Crippen molar-refractivity contribution < 1.29 is 0 Å². The third-order valence-electron chi connectivity index (χ3n) is 2.44. The smallest absolute Gasteiger partial charge is 0.0173 e. The Morgan fingerprint density at radius 2 is 2.12 bits per heavy atom. The van der Waals surface area contributed by atoms with E-state index in [1.165, 1.54) is 19.3 Å². The molecule has 0 aliphatic heterocycles. The second-order valence-electron chi connectivity index (χ2n) is 2.83. The van der Waals surface area contributed by atoms with Gasteiger partial charge in [0.05, 0.1) is 0 Å². The van der Waals surface area contributed by atoms with Crippen LogP contribution in [0, 0.1) is 5.41 Å². The Balaban J connectivity index is 2.41. The maximum Gasteiger partial charge on any atom is 0.0173 e. The van der Waals surface area contributed by atoms with Crippen LogP contribution in [-0.4, -0.2) is 4.83 Å². The summed E-state index contributed by atoms with van der Waals surface area (Å²) in [5.74, 6) is 0. The highest BCUT2D eigenvalue weighted by atomic mass is 79.9. The lowest BCUT2D eigenvalue weighted by atomic mass is 10.0. The van der Waals surface area contributed by atoms with Crippen LogP contribution in [0.15, 0.2) is 0 Å². The van der Waals surface area contributed by atoms with Gasteiger partial charge in [-0.25, -0.2) is 0 Å². The van der Waals surface area contributed by atoms with Gasteiger partial charge in [0.2, 0.25) is 0 Å². The van der Waals surface area contributed by atoms with Crippen LogP contribution in [0.3, 0.4) is 0 Å². The van der Waals surface area contributed by atoms with Crippen LogP contribution >= 0.6 is 15.9 Å². The first-order valence-electron chi connectivity index (χ1n) is 3.35. The molecule has 0 bridgehead atoms. The van der Waals surface area contributed by atoms with E-state index in [1.54, 1.807) is 0 Å². The molecule has 1 rings (SSSR count). The summed E-state index contributed by atoms with van der Waals surface area (Å²) in [6.45, 7) is 4.54. The fraction of sp³-hybridized carbons (Fsp3) is 1.00. The highest BCUT2D eigenvalue weighted by Gasteiger charge is 2.44. The van der Waals surface area contributed by atoms with E-state index in [2.05, 4.69) is 29.8 Å². The lowest BCUT2D eigenvalue weighted by Gasteiger charge is -2.13. The van der Waals surface area contributed by atoms with Crippen molar-refractivity contribution in [2.24, 2.45) is 5.41 Å². The van der Waals surface area contributed by atoms with E-state index in [1.807, 2.05) is 0 Å². The molecule has 1 atom stereocenters. The molecule has 1 fully saturated rings. The van der Waals surface area contributed by atoms with Crippen LogP contribution in [0.4, 0.5) is 0 Å². The maximum absolute atomic E-state index is 3.62. The minimum absolute atomic E-state index is 0.708. The average Bonchev–Trinajstić information content (AvgIpc) is 2.44. The molecule has 0 amide bonds. The van der Waals surface area contributed by atoms with Gasteiger partial charge >= 0.3 is 0 Å². The van der Waals surface area contributed by atoms with Gasteiger partial charge in [0, 0.05) is 4.83 Å². The van der Waals surface area contributed by atoms with E-state index >= 15 is 0 Å². The van der Waals surface area contributed by atoms with Crippen molar-refractivity contribution in [3.8, 4) is 0 Å². The third kappa shape index (κ3) is 0.928. The molecule has 1 aliphatic carbocycles. The topological polar surface area (TPSA) is 0 Å². The van der Waals surface area contributed by atoms with Crippen molar-refractivity contribution in [1.29, 1.82) is 0 Å². The summed E-state index contributed by atoms with van der Waals surface area (Å²) >= 11 is 3.62. The lowest BCUT2D eigenvalue weighted by Crippen LogP contribution is -2.09. The van der Waals surface area contributed by atoms with Crippen LogP contribution in [0.5, 0.6) is 0 Å². The average molecular weight is 177 g/mol. The molecular weight excluding hydrogens is 164 g/mol. The van der Waals surface area contributed by atoms with Gasteiger partial charge in [-0.3, -0.25) is 0 Å². The SMILES string of the molecule is CCC1(C(C)Br)CC1. The van der Waals surface area contributed by atoms with E-state index in [0.717, 1.165) is 4.83 Å². The van der Waals surface area contributed by atoms with Gasteiger partial charge in [0.25, 0.3) is 0 Å². The van der Waals surface area contributed by atoms with Crippen molar-refractivity contribution in [2.75, 3.05) is 0 Å². The molecule has 1 heteroatoms. The van der Waals surface area contributed by atoms with Crippen molar-refractivity contribution in [3.63, 3.8) is 0 Å². The summed E-state index contributed by atoms with van der Waals surface area (Å²) < 4.78 is 0. The van der Waals surface area contributed by atoms with Crippen molar-refractivity contribution in [3.05, 3.63) is 0 Å². The fourth-order valence-corrected chi connectivity index (χ4v) is 1.97. The van der Waals surface area contributed by atoms with Gasteiger partial charge in [-0.15, -0.1) is 0 Å². The Kier molecular flexibility index (Phi) is 1.66. The number of alkyl halides is 1. The quantitative estimate of drug-likeness (QED) is 0.569. The first kappa shape index (κ1) is 6.60. The van der Waals surface area contributed by atoms with Crippen LogP contribution in [-0.2, 0) is 0 Å². The van der Waals surface area contributed by atoms with Gasteiger partial charge in [0.15, 0.2) is 0 Å². The third-order valence-corrected chi connectivity index (χ3v) is 3.41. The molecule has 0 N–H and O–H groups in total. The molecule has 0 nitrogen and oxygen atoms in total. The predicted octanol–water partition coefficient (Wildman–Crippen LogP) is 2.96. The van der Waals surface area contributed by atoms with Gasteiger partial charge < -0.3 is 0 Å². The zero-order valence-electron chi connectivity index (χ0n) is 5.58. The Hall–Kier alpha value is 0.480. The Morgan fingerprint density at radius 3 is 2.12 bits per heavy atom. The molecule has 0 heterocycles. The summed E-state index contributed by atoms with van der Waals surface area (Å²) in [6.07, 6.45) is 4.23. The monoisotopic (exact) mass is 176 g/mol. The maximum atomic E-state index is 3.62. The van der Waals surface area contributed by atoms with Gasteiger partial charge in [-0.1, -0.05) is 29.8 Å². The number of hydrogen-bond acceptors (Lipinski definition) is 0. The van der Waals surface area contributed by atoms with E-state index in [-0.39, 0.29) is 0 Å². The zero-order valence-corrected chi connectivity index (χ0v) is 7.16. The molecule has 1 aliphatic rings. The fourth-order valence-electron chi connectivity index (χ4n) is 1.19. The molecule has 0 saturated heterocycles. The van der Waals surface area contributed by atoms with Gasteiger partial charge in [0.1, 0.15) is 0 Å². The lowest BCUT2D eigenvalue weighted by molar-refractivity contribution is 0.493. The molecule has 0 aromatic heterocycles. The van der Waals surface area contributed by atoms with Crippen molar-refractivity contribution >= 4 is 15.9 Å². The number of hydrogen-bond donors (Lipinski definition) is 0. The Bertz CT molecular complexity index is 82.4.